The number of nitrogens with two attached hydrogens (primary N) is 1. The van der Waals surface area contributed by atoms with Crippen molar-refractivity contribution in [3.63, 3.8) is 0 Å². The Balaban J connectivity index is 2.83. The van der Waals surface area contributed by atoms with Gasteiger partial charge >= 0.3 is 0 Å². The van der Waals surface area contributed by atoms with Gasteiger partial charge in [-0.1, -0.05) is 17.7 Å². The lowest BCUT2D eigenvalue weighted by Gasteiger charge is -1.96. The summed E-state index contributed by atoms with van der Waals surface area (Å²) < 4.78 is 0. The highest BCUT2D eigenvalue weighted by Crippen LogP contribution is 2.12. The molecule has 1 aromatic rings. The number of halogens is 1. The van der Waals surface area contributed by atoms with Crippen molar-refractivity contribution >= 4 is 29.8 Å². The third kappa shape index (κ3) is 2.83. The molecule has 0 radical (unpaired) electrons. The maximum atomic E-state index is 9.99. The second-order valence-electron chi connectivity index (χ2n) is 2.28. The van der Waals surface area contributed by atoms with Gasteiger partial charge < -0.3 is 10.5 Å². The largest absolute Gasteiger partial charge is 0.382 e. The molecule has 1 aromatic heterocycles. The fraction of sp³-hybridized carbons (Fsp3) is 0.125. The average molecular weight is 198 g/mol. The predicted octanol–water partition coefficient (Wildman–Crippen LogP) is 1.31. The molecule has 0 saturated carbocycles. The van der Waals surface area contributed by atoms with Gasteiger partial charge in [0.15, 0.2) is 5.15 Å². The molecule has 0 fully saturated rings. The summed E-state index contributed by atoms with van der Waals surface area (Å²) >= 11 is 5.72. The van der Waals surface area contributed by atoms with Gasteiger partial charge in [-0.15, -0.1) is 0 Å². The van der Waals surface area contributed by atoms with Gasteiger partial charge in [-0.25, -0.2) is 9.97 Å². The minimum atomic E-state index is 0.238. The van der Waals surface area contributed by atoms with Crippen LogP contribution in [0.3, 0.4) is 0 Å². The first kappa shape index (κ1) is 9.67. The highest BCUT2D eigenvalue weighted by molar-refractivity contribution is 6.30. The quantitative estimate of drug-likeness (QED) is 0.742. The summed E-state index contributed by atoms with van der Waals surface area (Å²) in [5.41, 5.74) is 5.86. The summed E-state index contributed by atoms with van der Waals surface area (Å²) in [4.78, 5) is 17.7. The Kier molecular flexibility index (Phi) is 3.40. The van der Waals surface area contributed by atoms with E-state index >= 15 is 0 Å². The van der Waals surface area contributed by atoms with E-state index in [1.807, 2.05) is 0 Å². The minimum Gasteiger partial charge on any atom is -0.382 e. The van der Waals surface area contributed by atoms with E-state index < -0.39 is 0 Å². The summed E-state index contributed by atoms with van der Waals surface area (Å²) in [7, 11) is 0. The van der Waals surface area contributed by atoms with Crippen molar-refractivity contribution in [3.8, 4) is 0 Å². The summed E-state index contributed by atoms with van der Waals surface area (Å²) in [6, 6.07) is 0. The van der Waals surface area contributed by atoms with Crippen LogP contribution < -0.4 is 5.73 Å². The molecule has 0 unspecified atom stereocenters. The first-order valence-electron chi connectivity index (χ1n) is 3.62. The van der Waals surface area contributed by atoms with Crippen molar-refractivity contribution < 1.29 is 4.79 Å². The van der Waals surface area contributed by atoms with Gasteiger partial charge in [0.05, 0.1) is 6.20 Å². The number of nitrogen functional groups attached to an aromatic ring is 1. The SMILES string of the molecule is Nc1cnc(C=CCC=O)c(Cl)n1. The van der Waals surface area contributed by atoms with Crippen molar-refractivity contribution in [1.29, 1.82) is 0 Å². The molecule has 0 spiro atoms. The summed E-state index contributed by atoms with van der Waals surface area (Å²) in [6.07, 6.45) is 5.81. The molecule has 68 valence electrons. The fourth-order valence-electron chi connectivity index (χ4n) is 0.735. The Bertz CT molecular complexity index is 338. The van der Waals surface area contributed by atoms with Crippen molar-refractivity contribution in [2.24, 2.45) is 0 Å². The highest BCUT2D eigenvalue weighted by Gasteiger charge is 1.98. The number of allylic oxidation sites excluding steroid dienone is 1. The van der Waals surface area contributed by atoms with Crippen LogP contribution in [-0.4, -0.2) is 16.3 Å². The number of aromatic nitrogens is 2. The molecule has 0 amide bonds. The van der Waals surface area contributed by atoms with E-state index in [1.54, 1.807) is 12.2 Å². The Morgan fingerprint density at radius 1 is 1.62 bits per heavy atom. The number of hydrogen-bond acceptors (Lipinski definition) is 4. The number of carbonyl (C=O) groups excluding carboxylic acids is 1. The van der Waals surface area contributed by atoms with E-state index in [4.69, 9.17) is 17.3 Å². The number of hydrogen-bond donors (Lipinski definition) is 1. The van der Waals surface area contributed by atoms with E-state index in [9.17, 15) is 4.79 Å². The van der Waals surface area contributed by atoms with Gasteiger partial charge in [0.2, 0.25) is 0 Å². The molecule has 0 bridgehead atoms. The Morgan fingerprint density at radius 3 is 3.00 bits per heavy atom. The third-order valence-electron chi connectivity index (χ3n) is 1.28. The Labute approximate surface area is 80.4 Å². The monoisotopic (exact) mass is 197 g/mol. The van der Waals surface area contributed by atoms with Crippen molar-refractivity contribution in [3.05, 3.63) is 23.1 Å². The number of aldehydes is 1. The lowest BCUT2D eigenvalue weighted by atomic mass is 10.3. The van der Waals surface area contributed by atoms with Gasteiger partial charge in [-0.05, 0) is 6.08 Å². The first-order chi connectivity index (χ1) is 6.24. The van der Waals surface area contributed by atoms with E-state index in [0.29, 0.717) is 12.1 Å². The molecular formula is C8H8ClN3O. The molecule has 4 nitrogen and oxygen atoms in total. The first-order valence-corrected chi connectivity index (χ1v) is 4.00. The molecule has 5 heteroatoms. The second kappa shape index (κ2) is 4.57. The Hall–Kier alpha value is -1.42. The van der Waals surface area contributed by atoms with Gasteiger partial charge in [-0.3, -0.25) is 0 Å². The lowest BCUT2D eigenvalue weighted by Crippen LogP contribution is -1.94. The number of anilines is 1. The maximum Gasteiger partial charge on any atom is 0.157 e. The predicted molar refractivity (Wildman–Crippen MR) is 51.2 cm³/mol. The van der Waals surface area contributed by atoms with Crippen LogP contribution in [-0.2, 0) is 4.79 Å². The van der Waals surface area contributed by atoms with Gasteiger partial charge in [0.1, 0.15) is 17.8 Å². The van der Waals surface area contributed by atoms with Crippen LogP contribution in [0.15, 0.2) is 12.3 Å². The van der Waals surface area contributed by atoms with E-state index in [0.717, 1.165) is 6.29 Å². The molecule has 13 heavy (non-hydrogen) atoms. The molecule has 0 aliphatic carbocycles. The molecule has 1 rings (SSSR count). The number of rotatable bonds is 3. The highest BCUT2D eigenvalue weighted by atomic mass is 35.5. The minimum absolute atomic E-state index is 0.238. The van der Waals surface area contributed by atoms with Gasteiger partial charge in [0.25, 0.3) is 0 Å². The third-order valence-corrected chi connectivity index (χ3v) is 1.56. The van der Waals surface area contributed by atoms with Crippen LogP contribution in [0, 0.1) is 0 Å². The van der Waals surface area contributed by atoms with Gasteiger partial charge in [0, 0.05) is 6.42 Å². The smallest absolute Gasteiger partial charge is 0.157 e. The molecular weight excluding hydrogens is 190 g/mol. The molecule has 1 heterocycles. The molecule has 0 saturated heterocycles. The van der Waals surface area contributed by atoms with Crippen LogP contribution in [0.2, 0.25) is 5.15 Å². The zero-order valence-corrected chi connectivity index (χ0v) is 7.53. The van der Waals surface area contributed by atoms with Crippen LogP contribution >= 0.6 is 11.6 Å². The topological polar surface area (TPSA) is 68.9 Å². The zero-order chi connectivity index (χ0) is 9.68. The van der Waals surface area contributed by atoms with Gasteiger partial charge in [-0.2, -0.15) is 0 Å². The second-order valence-corrected chi connectivity index (χ2v) is 2.63. The normalized spacial score (nSPS) is 10.5. The van der Waals surface area contributed by atoms with Crippen LogP contribution in [0.1, 0.15) is 12.1 Å². The molecule has 0 aliphatic rings. The summed E-state index contributed by atoms with van der Waals surface area (Å²) in [6.45, 7) is 0. The summed E-state index contributed by atoms with van der Waals surface area (Å²) in [5, 5.41) is 0.238. The summed E-state index contributed by atoms with van der Waals surface area (Å²) in [5.74, 6) is 0.275. The van der Waals surface area contributed by atoms with Crippen molar-refractivity contribution in [2.45, 2.75) is 6.42 Å². The zero-order valence-electron chi connectivity index (χ0n) is 6.77. The van der Waals surface area contributed by atoms with Crippen LogP contribution in [0.4, 0.5) is 5.82 Å². The van der Waals surface area contributed by atoms with Crippen molar-refractivity contribution in [2.75, 3.05) is 5.73 Å². The van der Waals surface area contributed by atoms with Crippen LogP contribution in [0.5, 0.6) is 0 Å². The lowest BCUT2D eigenvalue weighted by molar-refractivity contribution is -0.107. The van der Waals surface area contributed by atoms with E-state index in [1.165, 1.54) is 6.20 Å². The molecule has 2 N–H and O–H groups in total. The fourth-order valence-corrected chi connectivity index (χ4v) is 0.945. The van der Waals surface area contributed by atoms with Crippen LogP contribution in [0.25, 0.3) is 6.08 Å². The van der Waals surface area contributed by atoms with E-state index in [2.05, 4.69) is 9.97 Å². The molecule has 0 aromatic carbocycles. The van der Waals surface area contributed by atoms with E-state index in [-0.39, 0.29) is 11.0 Å². The number of nitrogens with zero attached hydrogens (tertiary/aromatic N) is 2. The number of carbonyl (C=O) groups is 1. The average Bonchev–Trinajstić information content (AvgIpc) is 2.09. The standard InChI is InChI=1S/C8H8ClN3O/c9-8-6(3-1-2-4-13)11-5-7(10)12-8/h1,3-5H,2H2,(H2,10,12). The maximum absolute atomic E-state index is 9.99. The Morgan fingerprint density at radius 2 is 2.38 bits per heavy atom. The molecule has 0 aliphatic heterocycles. The molecule has 0 atom stereocenters. The van der Waals surface area contributed by atoms with Crippen molar-refractivity contribution in [1.82, 2.24) is 9.97 Å².